The van der Waals surface area contributed by atoms with Crippen molar-refractivity contribution < 1.29 is 9.53 Å². The molecule has 23 heavy (non-hydrogen) atoms. The van der Waals surface area contributed by atoms with E-state index in [9.17, 15) is 4.79 Å². The van der Waals surface area contributed by atoms with Gasteiger partial charge in [-0.2, -0.15) is 5.10 Å². The summed E-state index contributed by atoms with van der Waals surface area (Å²) in [7, 11) is 5.58. The third-order valence-electron chi connectivity index (χ3n) is 3.44. The molecule has 1 aromatic carbocycles. The monoisotopic (exact) mass is 317 g/mol. The predicted octanol–water partition coefficient (Wildman–Crippen LogP) is 2.55. The molecular formula is C16H23N5O2. The lowest BCUT2D eigenvalue weighted by atomic mass is 10.1. The average Bonchev–Trinajstić information content (AvgIpc) is 2.94. The van der Waals surface area contributed by atoms with Crippen LogP contribution in [-0.4, -0.2) is 43.6 Å². The molecular weight excluding hydrogens is 294 g/mol. The number of anilines is 3. The highest BCUT2D eigenvalue weighted by atomic mass is 16.5. The molecule has 2 rings (SSSR count). The van der Waals surface area contributed by atoms with Gasteiger partial charge in [0.1, 0.15) is 0 Å². The van der Waals surface area contributed by atoms with Crippen molar-refractivity contribution in [3.8, 4) is 0 Å². The Morgan fingerprint density at radius 2 is 2.09 bits per heavy atom. The molecule has 0 radical (unpaired) electrons. The number of urea groups is 1. The summed E-state index contributed by atoms with van der Waals surface area (Å²) in [5.74, 6) is 0.500. The second-order valence-electron chi connectivity index (χ2n) is 5.38. The van der Waals surface area contributed by atoms with E-state index in [1.165, 1.54) is 0 Å². The zero-order chi connectivity index (χ0) is 16.8. The lowest BCUT2D eigenvalue weighted by Gasteiger charge is -2.18. The Balaban J connectivity index is 2.00. The van der Waals surface area contributed by atoms with Crippen molar-refractivity contribution >= 4 is 23.2 Å². The van der Waals surface area contributed by atoms with E-state index in [0.29, 0.717) is 19.0 Å². The second-order valence-corrected chi connectivity index (χ2v) is 5.38. The molecule has 0 spiro atoms. The zero-order valence-electron chi connectivity index (χ0n) is 14.0. The van der Waals surface area contributed by atoms with Crippen molar-refractivity contribution in [2.24, 2.45) is 0 Å². The Kier molecular flexibility index (Phi) is 5.59. The fourth-order valence-corrected chi connectivity index (χ4v) is 2.25. The number of nitrogens with one attached hydrogen (secondary N) is 2. The van der Waals surface area contributed by atoms with Gasteiger partial charge in [-0.25, -0.2) is 4.79 Å². The van der Waals surface area contributed by atoms with Gasteiger partial charge in [-0.3, -0.25) is 10.00 Å². The molecule has 0 atom stereocenters. The van der Waals surface area contributed by atoms with Gasteiger partial charge >= 0.3 is 6.03 Å². The van der Waals surface area contributed by atoms with Crippen molar-refractivity contribution in [1.82, 2.24) is 9.78 Å². The Morgan fingerprint density at radius 3 is 2.78 bits per heavy atom. The van der Waals surface area contributed by atoms with Crippen LogP contribution in [0.5, 0.6) is 0 Å². The summed E-state index contributed by atoms with van der Waals surface area (Å²) in [6.07, 6.45) is 1.80. The largest absolute Gasteiger partial charge is 0.383 e. The smallest absolute Gasteiger partial charge is 0.324 e. The number of carbonyl (C=O) groups is 1. The van der Waals surface area contributed by atoms with Gasteiger partial charge in [0.05, 0.1) is 13.2 Å². The molecule has 1 aromatic heterocycles. The average molecular weight is 317 g/mol. The predicted molar refractivity (Wildman–Crippen MR) is 92.3 cm³/mol. The van der Waals surface area contributed by atoms with Gasteiger partial charge in [0, 0.05) is 44.8 Å². The van der Waals surface area contributed by atoms with Crippen LogP contribution in [0, 0.1) is 6.92 Å². The summed E-state index contributed by atoms with van der Waals surface area (Å²) in [6, 6.07) is 7.23. The van der Waals surface area contributed by atoms with Crippen LogP contribution in [0.4, 0.5) is 22.0 Å². The van der Waals surface area contributed by atoms with Crippen LogP contribution >= 0.6 is 0 Å². The molecule has 0 saturated heterocycles. The van der Waals surface area contributed by atoms with Crippen LogP contribution in [0.3, 0.4) is 0 Å². The number of aromatic nitrogens is 2. The number of rotatable bonds is 6. The van der Waals surface area contributed by atoms with Crippen molar-refractivity contribution in [3.05, 3.63) is 36.0 Å². The first-order chi connectivity index (χ1) is 11.0. The molecule has 0 bridgehead atoms. The Labute approximate surface area is 136 Å². The Hall–Kier alpha value is -2.54. The molecule has 2 aromatic rings. The Bertz CT molecular complexity index is 666. The fourth-order valence-electron chi connectivity index (χ4n) is 2.25. The molecule has 124 valence electrons. The maximum absolute atomic E-state index is 12.1. The molecule has 0 aliphatic heterocycles. The molecule has 1 heterocycles. The fraction of sp³-hybridized carbons (Fsp3) is 0.375. The SMILES string of the molecule is COCCn1ccc(NC(=O)Nc2cccc(N(C)C)c2C)n1. The highest BCUT2D eigenvalue weighted by Crippen LogP contribution is 2.25. The normalized spacial score (nSPS) is 10.4. The van der Waals surface area contributed by atoms with Gasteiger partial charge in [-0.05, 0) is 24.6 Å². The summed E-state index contributed by atoms with van der Waals surface area (Å²) in [5.41, 5.74) is 2.84. The summed E-state index contributed by atoms with van der Waals surface area (Å²) in [4.78, 5) is 14.1. The van der Waals surface area contributed by atoms with Gasteiger partial charge in [0.2, 0.25) is 0 Å². The number of benzene rings is 1. The molecule has 2 N–H and O–H groups in total. The first-order valence-corrected chi connectivity index (χ1v) is 7.38. The van der Waals surface area contributed by atoms with E-state index in [2.05, 4.69) is 15.7 Å². The Morgan fingerprint density at radius 1 is 1.30 bits per heavy atom. The quantitative estimate of drug-likeness (QED) is 0.859. The molecule has 0 fully saturated rings. The lowest BCUT2D eigenvalue weighted by molar-refractivity contribution is 0.183. The summed E-state index contributed by atoms with van der Waals surface area (Å²) in [5, 5.41) is 9.84. The van der Waals surface area contributed by atoms with Crippen LogP contribution in [-0.2, 0) is 11.3 Å². The van der Waals surface area contributed by atoms with Crippen LogP contribution < -0.4 is 15.5 Å². The van der Waals surface area contributed by atoms with E-state index < -0.39 is 0 Å². The van der Waals surface area contributed by atoms with E-state index >= 15 is 0 Å². The van der Waals surface area contributed by atoms with Crippen LogP contribution in [0.1, 0.15) is 5.56 Å². The molecule has 0 saturated carbocycles. The minimum absolute atomic E-state index is 0.319. The van der Waals surface area contributed by atoms with E-state index in [0.717, 1.165) is 16.9 Å². The number of nitrogens with zero attached hydrogens (tertiary/aromatic N) is 3. The van der Waals surface area contributed by atoms with E-state index in [4.69, 9.17) is 4.74 Å². The number of amides is 2. The number of ether oxygens (including phenoxy) is 1. The number of methoxy groups -OCH3 is 1. The minimum atomic E-state index is -0.319. The molecule has 7 nitrogen and oxygen atoms in total. The van der Waals surface area contributed by atoms with Crippen molar-refractivity contribution in [2.75, 3.05) is 43.3 Å². The van der Waals surface area contributed by atoms with Gasteiger partial charge in [0.25, 0.3) is 0 Å². The van der Waals surface area contributed by atoms with Gasteiger partial charge < -0.3 is 15.0 Å². The van der Waals surface area contributed by atoms with Crippen molar-refractivity contribution in [2.45, 2.75) is 13.5 Å². The van der Waals surface area contributed by atoms with Crippen LogP contribution in [0.2, 0.25) is 0 Å². The second kappa shape index (κ2) is 7.64. The van der Waals surface area contributed by atoms with Crippen molar-refractivity contribution in [3.63, 3.8) is 0 Å². The maximum Gasteiger partial charge on any atom is 0.324 e. The van der Waals surface area contributed by atoms with Crippen molar-refractivity contribution in [1.29, 1.82) is 0 Å². The molecule has 7 heteroatoms. The molecule has 0 aliphatic carbocycles. The zero-order valence-corrected chi connectivity index (χ0v) is 14.0. The molecule has 0 aliphatic rings. The highest BCUT2D eigenvalue weighted by Gasteiger charge is 2.10. The topological polar surface area (TPSA) is 71.4 Å². The third-order valence-corrected chi connectivity index (χ3v) is 3.44. The van der Waals surface area contributed by atoms with E-state index in [1.54, 1.807) is 24.1 Å². The van der Waals surface area contributed by atoms with E-state index in [1.807, 2.05) is 44.1 Å². The first-order valence-electron chi connectivity index (χ1n) is 7.38. The highest BCUT2D eigenvalue weighted by molar-refractivity contribution is 6.00. The number of hydrogen-bond acceptors (Lipinski definition) is 4. The third kappa shape index (κ3) is 4.46. The summed E-state index contributed by atoms with van der Waals surface area (Å²) in [6.45, 7) is 3.19. The van der Waals surface area contributed by atoms with Gasteiger partial charge in [-0.1, -0.05) is 6.07 Å². The van der Waals surface area contributed by atoms with E-state index in [-0.39, 0.29) is 6.03 Å². The summed E-state index contributed by atoms with van der Waals surface area (Å²) < 4.78 is 6.71. The van der Waals surface area contributed by atoms with Crippen LogP contribution in [0.15, 0.2) is 30.5 Å². The summed E-state index contributed by atoms with van der Waals surface area (Å²) >= 11 is 0. The standard InChI is InChI=1S/C16H23N5O2/c1-12-13(6-5-7-14(12)20(2)3)17-16(22)18-15-8-9-21(19-15)10-11-23-4/h5-9H,10-11H2,1-4H3,(H2,17,18,19,22). The first kappa shape index (κ1) is 16.8. The van der Waals surface area contributed by atoms with Crippen LogP contribution in [0.25, 0.3) is 0 Å². The minimum Gasteiger partial charge on any atom is -0.383 e. The lowest BCUT2D eigenvalue weighted by Crippen LogP contribution is -2.21. The van der Waals surface area contributed by atoms with Gasteiger partial charge in [-0.15, -0.1) is 0 Å². The molecule has 0 unspecified atom stereocenters. The number of hydrogen-bond donors (Lipinski definition) is 2. The van der Waals surface area contributed by atoms with Gasteiger partial charge in [0.15, 0.2) is 5.82 Å². The molecule has 2 amide bonds. The maximum atomic E-state index is 12.1. The number of carbonyl (C=O) groups excluding carboxylic acids is 1.